The minimum absolute atomic E-state index is 0.171. The topological polar surface area (TPSA) is 9.23 Å². The lowest BCUT2D eigenvalue weighted by Crippen LogP contribution is -2.78. The molecule has 0 saturated carbocycles. The Kier molecular flexibility index (Phi) is 8.94. The third-order valence-electron chi connectivity index (χ3n) is 4.60. The molecule has 0 N–H and O–H groups in total. The molecule has 0 saturated heterocycles. The van der Waals surface area contributed by atoms with Crippen molar-refractivity contribution in [1.82, 2.24) is 0 Å². The Morgan fingerprint density at radius 2 is 0.475 bits per heavy atom. The van der Waals surface area contributed by atoms with Crippen molar-refractivity contribution in [3.05, 3.63) is 0 Å². The molecule has 0 unspecified atom stereocenters. The first-order chi connectivity index (χ1) is 16.8. The zero-order valence-electron chi connectivity index (χ0n) is 17.6. The zero-order valence-corrected chi connectivity index (χ0v) is 17.6. The summed E-state index contributed by atoms with van der Waals surface area (Å²) in [7, 11) is 0. The molecule has 0 heterocycles. The molecule has 0 aliphatic rings. The Labute approximate surface area is 201 Å². The Bertz CT molecular complexity index is 909. The normalized spacial score (nSPS) is 16.9. The molecule has 0 spiro atoms. The molecule has 0 fully saturated rings. The number of rotatable bonds is 12. The van der Waals surface area contributed by atoms with E-state index < -0.39 is 78.1 Å². The highest BCUT2D eigenvalue weighted by molar-refractivity contribution is 5.19. The van der Waals surface area contributed by atoms with Crippen LogP contribution >= 0.6 is 0 Å². The van der Waals surface area contributed by atoms with E-state index in [1.54, 1.807) is 0 Å². The second-order valence-corrected chi connectivity index (χ2v) is 7.19. The molecule has 0 radical (unpaired) electrons. The smallest absolute Gasteiger partial charge is 0.316 e. The summed E-state index contributed by atoms with van der Waals surface area (Å²) in [5.74, 6) is -91.5. The Morgan fingerprint density at radius 1 is 0.300 bits per heavy atom. The monoisotopic (exact) mass is 664 g/mol. The Hall–Kier alpha value is -1.79. The van der Waals surface area contributed by atoms with Gasteiger partial charge in [-0.25, -0.2) is 0 Å². The van der Waals surface area contributed by atoms with Gasteiger partial charge in [-0.3, -0.25) is 0 Å². The summed E-state index contributed by atoms with van der Waals surface area (Å²) >= 11 is 0. The molecule has 40 heavy (non-hydrogen) atoms. The van der Waals surface area contributed by atoms with Gasteiger partial charge in [0.2, 0.25) is 0 Å². The van der Waals surface area contributed by atoms with Crippen LogP contribution in [0.25, 0.3) is 0 Å². The summed E-state index contributed by atoms with van der Waals surface area (Å²) in [5.41, 5.74) is 0. The van der Waals surface area contributed by atoms with Crippen LogP contribution in [0.4, 0.5) is 110 Å². The SMILES string of the molecule is CCOC(F)(F)C(F)(F)C(F)(F)C(F)(F)C(F)(F)C(F)(F)C(F)(F)C(F)(F)C(F)(F)C(F)(F)C(F)(F)C(F)(F)F. The van der Waals surface area contributed by atoms with E-state index in [1.807, 2.05) is 0 Å². The minimum atomic E-state index is -9.59. The number of hydrogen-bond donors (Lipinski definition) is 0. The van der Waals surface area contributed by atoms with Crippen LogP contribution in [0.1, 0.15) is 6.92 Å². The van der Waals surface area contributed by atoms with Crippen LogP contribution < -0.4 is 0 Å². The van der Waals surface area contributed by atoms with Crippen molar-refractivity contribution in [3.63, 3.8) is 0 Å². The standard InChI is InChI=1S/C14H5F25O/c1-2-40-14(38,39)12(33,34)10(29,30)8(25,26)6(21,22)4(17,18)3(15,16)5(19,20)7(23,24)9(27,28)11(31,32)13(35,36)37/h2H2,1H3. The summed E-state index contributed by atoms with van der Waals surface area (Å²) < 4.78 is 331. The maximum Gasteiger partial charge on any atom is 0.460 e. The maximum absolute atomic E-state index is 13.5. The Morgan fingerprint density at radius 3 is 0.650 bits per heavy atom. The van der Waals surface area contributed by atoms with Gasteiger partial charge in [-0.2, -0.15) is 110 Å². The van der Waals surface area contributed by atoms with Crippen molar-refractivity contribution in [1.29, 1.82) is 0 Å². The van der Waals surface area contributed by atoms with Crippen LogP contribution in [-0.2, 0) is 4.74 Å². The van der Waals surface area contributed by atoms with Gasteiger partial charge in [-0.1, -0.05) is 0 Å². The van der Waals surface area contributed by atoms with Crippen molar-refractivity contribution in [3.8, 4) is 0 Å². The molecule has 0 aromatic heterocycles. The average Bonchev–Trinajstić information content (AvgIpc) is 2.71. The molecule has 0 bridgehead atoms. The molecule has 0 aromatic rings. The lowest BCUT2D eigenvalue weighted by molar-refractivity contribution is -0.489. The van der Waals surface area contributed by atoms with Gasteiger partial charge in [0.1, 0.15) is 0 Å². The van der Waals surface area contributed by atoms with Crippen LogP contribution in [0.3, 0.4) is 0 Å². The number of hydrogen-bond acceptors (Lipinski definition) is 1. The van der Waals surface area contributed by atoms with Gasteiger partial charge in [0, 0.05) is 0 Å². The molecule has 0 atom stereocenters. The molecule has 0 aromatic carbocycles. The fourth-order valence-electron chi connectivity index (χ4n) is 2.21. The van der Waals surface area contributed by atoms with Crippen molar-refractivity contribution in [2.24, 2.45) is 0 Å². The van der Waals surface area contributed by atoms with Crippen molar-refractivity contribution < 1.29 is 114 Å². The fourth-order valence-corrected chi connectivity index (χ4v) is 2.21. The predicted molar refractivity (Wildman–Crippen MR) is 72.1 cm³/mol. The van der Waals surface area contributed by atoms with E-state index in [0.29, 0.717) is 0 Å². The van der Waals surface area contributed by atoms with Crippen LogP contribution in [0.5, 0.6) is 0 Å². The molecule has 0 aliphatic carbocycles. The van der Waals surface area contributed by atoms with E-state index in [2.05, 4.69) is 4.74 Å². The second-order valence-electron chi connectivity index (χ2n) is 7.19. The lowest BCUT2D eigenvalue weighted by Gasteiger charge is -2.45. The number of halogens is 25. The third kappa shape index (κ3) is 4.38. The number of ether oxygens (including phenoxy) is 1. The first-order valence-electron chi connectivity index (χ1n) is 8.67. The zero-order chi connectivity index (χ0) is 33.4. The highest BCUT2D eigenvalue weighted by Gasteiger charge is 2.99. The number of alkyl halides is 25. The quantitative estimate of drug-likeness (QED) is 0.190. The molecule has 1 nitrogen and oxygen atoms in total. The highest BCUT2D eigenvalue weighted by Crippen LogP contribution is 2.67. The van der Waals surface area contributed by atoms with Crippen molar-refractivity contribution >= 4 is 0 Å². The van der Waals surface area contributed by atoms with E-state index in [4.69, 9.17) is 0 Å². The molecular weight excluding hydrogens is 659 g/mol. The van der Waals surface area contributed by atoms with Gasteiger partial charge < -0.3 is 4.74 Å². The van der Waals surface area contributed by atoms with Gasteiger partial charge >= 0.3 is 71.5 Å². The highest BCUT2D eigenvalue weighted by atomic mass is 19.4. The minimum Gasteiger partial charge on any atom is -0.316 e. The van der Waals surface area contributed by atoms with Gasteiger partial charge in [-0.15, -0.1) is 0 Å². The van der Waals surface area contributed by atoms with Crippen molar-refractivity contribution in [2.45, 2.75) is 78.4 Å². The van der Waals surface area contributed by atoms with E-state index in [0.717, 1.165) is 0 Å². The molecule has 0 amide bonds. The van der Waals surface area contributed by atoms with E-state index >= 15 is 0 Å². The maximum atomic E-state index is 13.5. The molecule has 26 heteroatoms. The van der Waals surface area contributed by atoms with E-state index in [9.17, 15) is 110 Å². The summed E-state index contributed by atoms with van der Waals surface area (Å²) in [6.07, 6.45) is -15.3. The molecule has 0 rings (SSSR count). The van der Waals surface area contributed by atoms with Gasteiger partial charge in [0.15, 0.2) is 0 Å². The van der Waals surface area contributed by atoms with Crippen molar-refractivity contribution in [2.75, 3.05) is 6.61 Å². The van der Waals surface area contributed by atoms with E-state index in [-0.39, 0.29) is 6.92 Å². The molecule has 242 valence electrons. The van der Waals surface area contributed by atoms with Crippen LogP contribution in [0, 0.1) is 0 Å². The first-order valence-corrected chi connectivity index (χ1v) is 8.67. The summed E-state index contributed by atoms with van der Waals surface area (Å²) in [5, 5.41) is 0. The van der Waals surface area contributed by atoms with Crippen LogP contribution in [-0.4, -0.2) is 78.1 Å². The van der Waals surface area contributed by atoms with E-state index in [1.165, 1.54) is 0 Å². The average molecular weight is 664 g/mol. The molecular formula is C14H5F25O. The van der Waals surface area contributed by atoms with Gasteiger partial charge in [0.25, 0.3) is 0 Å². The van der Waals surface area contributed by atoms with Gasteiger partial charge in [0.05, 0.1) is 6.61 Å². The molecule has 0 aliphatic heterocycles. The lowest BCUT2D eigenvalue weighted by atomic mass is 9.85. The fraction of sp³-hybridized carbons (Fsp3) is 1.00. The first kappa shape index (κ1) is 38.2. The second kappa shape index (κ2) is 9.36. The Balaban J connectivity index is 7.30. The summed E-state index contributed by atoms with van der Waals surface area (Å²) in [4.78, 5) is 0. The largest absolute Gasteiger partial charge is 0.460 e. The predicted octanol–water partition coefficient (Wildman–Crippen LogP) is 8.53. The summed E-state index contributed by atoms with van der Waals surface area (Å²) in [6.45, 7) is -1.75. The summed E-state index contributed by atoms with van der Waals surface area (Å²) in [6, 6.07) is 0. The third-order valence-corrected chi connectivity index (χ3v) is 4.60. The van der Waals surface area contributed by atoms with Crippen LogP contribution in [0.15, 0.2) is 0 Å². The van der Waals surface area contributed by atoms with Gasteiger partial charge in [-0.05, 0) is 6.92 Å². The van der Waals surface area contributed by atoms with Crippen LogP contribution in [0.2, 0.25) is 0 Å².